The van der Waals surface area contributed by atoms with Crippen molar-refractivity contribution in [2.45, 2.75) is 38.0 Å². The highest BCUT2D eigenvalue weighted by molar-refractivity contribution is 5.85. The minimum Gasteiger partial charge on any atom is -0.490 e. The lowest BCUT2D eigenvalue weighted by Gasteiger charge is -2.36. The van der Waals surface area contributed by atoms with Crippen LogP contribution in [0.15, 0.2) is 48.8 Å². The maximum Gasteiger partial charge on any atom is 0.266 e. The molecule has 3 nitrogen and oxygen atoms in total. The number of nitrogens with one attached hydrogen (secondary N) is 1. The lowest BCUT2D eigenvalue weighted by molar-refractivity contribution is 0.0831. The summed E-state index contributed by atoms with van der Waals surface area (Å²) in [5.41, 5.74) is -0.0724. The molecule has 154 valence electrons. The quantitative estimate of drug-likeness (QED) is 0.523. The Kier molecular flexibility index (Phi) is 6.59. The van der Waals surface area contributed by atoms with Gasteiger partial charge in [0.05, 0.1) is 5.56 Å². The van der Waals surface area contributed by atoms with Gasteiger partial charge in [0.2, 0.25) is 0 Å². The summed E-state index contributed by atoms with van der Waals surface area (Å²) in [6.45, 7) is 0.372. The molecule has 0 unspecified atom stereocenters. The van der Waals surface area contributed by atoms with Gasteiger partial charge in [0.15, 0.2) is 0 Å². The van der Waals surface area contributed by atoms with Crippen molar-refractivity contribution >= 4 is 23.2 Å². The van der Waals surface area contributed by atoms with Crippen LogP contribution in [0.1, 0.15) is 30.4 Å². The van der Waals surface area contributed by atoms with E-state index in [2.05, 4.69) is 10.3 Å². The molecule has 0 saturated heterocycles. The Morgan fingerprint density at radius 1 is 1.07 bits per heavy atom. The van der Waals surface area contributed by atoms with Gasteiger partial charge in [-0.25, -0.2) is 17.6 Å². The molecule has 1 aliphatic carbocycles. The van der Waals surface area contributed by atoms with Crippen LogP contribution in [0.3, 0.4) is 0 Å². The van der Waals surface area contributed by atoms with Gasteiger partial charge in [-0.05, 0) is 54.6 Å². The fourth-order valence-electron chi connectivity index (χ4n) is 3.42. The van der Waals surface area contributed by atoms with Gasteiger partial charge in [-0.2, -0.15) is 0 Å². The fourth-order valence-corrected chi connectivity index (χ4v) is 3.42. The molecule has 0 amide bonds. The largest absolute Gasteiger partial charge is 0.490 e. The number of pyridine rings is 1. The third kappa shape index (κ3) is 4.62. The summed E-state index contributed by atoms with van der Waals surface area (Å²) in [7, 11) is 0. The molecule has 0 bridgehead atoms. The maximum atomic E-state index is 14.2. The average Bonchev–Trinajstić information content (AvgIpc) is 2.65. The minimum absolute atomic E-state index is 0. The van der Waals surface area contributed by atoms with Crippen LogP contribution in [0, 0.1) is 11.6 Å². The Balaban J connectivity index is 0.00000240. The van der Waals surface area contributed by atoms with Gasteiger partial charge in [0, 0.05) is 35.9 Å². The summed E-state index contributed by atoms with van der Waals surface area (Å²) >= 11 is 0. The van der Waals surface area contributed by atoms with E-state index in [9.17, 15) is 17.6 Å². The van der Waals surface area contributed by atoms with Crippen LogP contribution >= 0.6 is 12.4 Å². The van der Waals surface area contributed by atoms with E-state index in [-0.39, 0.29) is 36.1 Å². The van der Waals surface area contributed by atoms with Crippen molar-refractivity contribution in [1.29, 1.82) is 0 Å². The molecule has 3 aromatic rings. The summed E-state index contributed by atoms with van der Waals surface area (Å²) < 4.78 is 58.7. The normalized spacial score (nSPS) is 18.4. The van der Waals surface area contributed by atoms with Crippen molar-refractivity contribution in [3.05, 3.63) is 71.6 Å². The molecule has 0 atom stereocenters. The summed E-state index contributed by atoms with van der Waals surface area (Å²) in [6, 6.07) is 8.44. The molecule has 1 fully saturated rings. The van der Waals surface area contributed by atoms with Crippen LogP contribution in [0.2, 0.25) is 0 Å². The standard InChI is InChI=1S/C21H18F4N2O.ClH/c22-19-4-2-14(9-17(19)21(24)25)28-15-7-13(8-15)27-11-18-16-5-6-26-10-12(16)1-3-20(18)23;/h1-6,9-10,13,15,21,27H,7-8,11H2;1H. The van der Waals surface area contributed by atoms with E-state index >= 15 is 0 Å². The molecular formula is C21H19ClF4N2O. The lowest BCUT2D eigenvalue weighted by atomic mass is 9.89. The van der Waals surface area contributed by atoms with E-state index in [0.717, 1.165) is 22.9 Å². The topological polar surface area (TPSA) is 34.1 Å². The molecular weight excluding hydrogens is 408 g/mol. The van der Waals surface area contributed by atoms with Crippen molar-refractivity contribution in [3.8, 4) is 5.75 Å². The van der Waals surface area contributed by atoms with Crippen molar-refractivity contribution in [1.82, 2.24) is 10.3 Å². The number of benzene rings is 2. The zero-order chi connectivity index (χ0) is 19.7. The van der Waals surface area contributed by atoms with Crippen molar-refractivity contribution in [3.63, 3.8) is 0 Å². The fraction of sp³-hybridized carbons (Fsp3) is 0.286. The van der Waals surface area contributed by atoms with Gasteiger partial charge < -0.3 is 10.1 Å². The zero-order valence-electron chi connectivity index (χ0n) is 15.2. The first-order valence-electron chi connectivity index (χ1n) is 9.00. The molecule has 0 radical (unpaired) electrons. The number of hydrogen-bond donors (Lipinski definition) is 1. The van der Waals surface area contributed by atoms with Crippen LogP contribution in [0.5, 0.6) is 5.75 Å². The second-order valence-corrected chi connectivity index (χ2v) is 6.90. The van der Waals surface area contributed by atoms with Gasteiger partial charge >= 0.3 is 0 Å². The number of halogens is 5. The molecule has 2 aromatic carbocycles. The van der Waals surface area contributed by atoms with Crippen LogP contribution in [-0.4, -0.2) is 17.1 Å². The zero-order valence-corrected chi connectivity index (χ0v) is 16.1. The Morgan fingerprint density at radius 3 is 2.59 bits per heavy atom. The van der Waals surface area contributed by atoms with Crippen molar-refractivity contribution in [2.24, 2.45) is 0 Å². The van der Waals surface area contributed by atoms with Crippen LogP contribution in [0.25, 0.3) is 10.8 Å². The number of rotatable bonds is 6. The predicted molar refractivity (Wildman–Crippen MR) is 105 cm³/mol. The smallest absolute Gasteiger partial charge is 0.266 e. The molecule has 1 aromatic heterocycles. The van der Waals surface area contributed by atoms with Gasteiger partial charge in [0.25, 0.3) is 6.43 Å². The third-order valence-electron chi connectivity index (χ3n) is 5.04. The highest BCUT2D eigenvalue weighted by Crippen LogP contribution is 2.31. The number of hydrogen-bond acceptors (Lipinski definition) is 3. The Hall–Kier alpha value is -2.38. The minimum atomic E-state index is -2.88. The summed E-state index contributed by atoms with van der Waals surface area (Å²) in [5.74, 6) is -0.986. The lowest BCUT2D eigenvalue weighted by Crippen LogP contribution is -2.46. The number of alkyl halides is 2. The van der Waals surface area contributed by atoms with Crippen LogP contribution in [-0.2, 0) is 6.54 Å². The number of nitrogens with zero attached hydrogens (tertiary/aromatic N) is 1. The Bertz CT molecular complexity index is 996. The molecule has 1 saturated carbocycles. The van der Waals surface area contributed by atoms with Crippen LogP contribution in [0.4, 0.5) is 17.6 Å². The molecule has 1 N–H and O–H groups in total. The average molecular weight is 427 g/mol. The SMILES string of the molecule is Cl.Fc1ccc(OC2CC(NCc3c(F)ccc4cnccc34)C2)cc1C(F)F. The van der Waals surface area contributed by atoms with Gasteiger partial charge in [-0.1, -0.05) is 0 Å². The molecule has 0 spiro atoms. The highest BCUT2D eigenvalue weighted by atomic mass is 35.5. The van der Waals surface area contributed by atoms with Crippen LogP contribution < -0.4 is 10.1 Å². The van der Waals surface area contributed by atoms with Gasteiger partial charge in [-0.15, -0.1) is 12.4 Å². The molecule has 29 heavy (non-hydrogen) atoms. The first kappa shape index (κ1) is 21.3. The van der Waals surface area contributed by atoms with E-state index in [1.54, 1.807) is 24.5 Å². The first-order chi connectivity index (χ1) is 13.5. The Morgan fingerprint density at radius 2 is 1.83 bits per heavy atom. The summed E-state index contributed by atoms with van der Waals surface area (Å²) in [5, 5.41) is 5.00. The molecule has 1 heterocycles. The highest BCUT2D eigenvalue weighted by Gasteiger charge is 2.31. The molecule has 1 aliphatic rings. The second kappa shape index (κ2) is 8.97. The number of ether oxygens (including phenoxy) is 1. The number of fused-ring (bicyclic) bond motifs is 1. The van der Waals surface area contributed by atoms with Gasteiger partial charge in [0.1, 0.15) is 23.5 Å². The summed E-state index contributed by atoms with van der Waals surface area (Å²) in [6.07, 6.45) is 1.63. The van der Waals surface area contributed by atoms with E-state index in [1.165, 1.54) is 12.1 Å². The maximum absolute atomic E-state index is 14.2. The second-order valence-electron chi connectivity index (χ2n) is 6.90. The summed E-state index contributed by atoms with van der Waals surface area (Å²) in [4.78, 5) is 4.05. The van der Waals surface area contributed by atoms with E-state index < -0.39 is 17.8 Å². The van der Waals surface area contributed by atoms with E-state index in [4.69, 9.17) is 4.74 Å². The van der Waals surface area contributed by atoms with Crippen molar-refractivity contribution in [2.75, 3.05) is 0 Å². The monoisotopic (exact) mass is 426 g/mol. The Labute approximate surface area is 171 Å². The molecule has 0 aliphatic heterocycles. The van der Waals surface area contributed by atoms with E-state index in [0.29, 0.717) is 24.9 Å². The third-order valence-corrected chi connectivity index (χ3v) is 5.04. The van der Waals surface area contributed by atoms with E-state index in [1.807, 2.05) is 0 Å². The first-order valence-corrected chi connectivity index (χ1v) is 9.00. The van der Waals surface area contributed by atoms with Crippen molar-refractivity contribution < 1.29 is 22.3 Å². The predicted octanol–water partition coefficient (Wildman–Crippen LogP) is 5.57. The number of aromatic nitrogens is 1. The molecule has 4 rings (SSSR count). The van der Waals surface area contributed by atoms with Gasteiger partial charge in [-0.3, -0.25) is 4.98 Å². The molecule has 8 heteroatoms.